The number of anilines is 2. The molecule has 1 aromatic rings. The lowest BCUT2D eigenvalue weighted by molar-refractivity contribution is 0.0550. The zero-order valence-electron chi connectivity index (χ0n) is 13.8. The van der Waals surface area contributed by atoms with Crippen LogP contribution in [-0.4, -0.2) is 48.3 Å². The number of aliphatic hydroxyl groups is 1. The number of urea groups is 1. The van der Waals surface area contributed by atoms with Gasteiger partial charge in [-0.15, -0.1) is 0 Å². The summed E-state index contributed by atoms with van der Waals surface area (Å²) in [5, 5.41) is 12.6. The molecule has 0 aromatic heterocycles. The number of benzene rings is 1. The number of nitrogens with one attached hydrogen (secondary N) is 1. The Morgan fingerprint density at radius 1 is 1.33 bits per heavy atom. The van der Waals surface area contributed by atoms with E-state index in [1.807, 2.05) is 31.3 Å². The second-order valence-corrected chi connectivity index (χ2v) is 6.35. The van der Waals surface area contributed by atoms with Gasteiger partial charge >= 0.3 is 6.03 Å². The van der Waals surface area contributed by atoms with Gasteiger partial charge in [-0.3, -0.25) is 0 Å². The molecule has 0 spiro atoms. The van der Waals surface area contributed by atoms with Crippen LogP contribution in [-0.2, 0) is 0 Å². The lowest BCUT2D eigenvalue weighted by atomic mass is 10.1. The Bertz CT molecular complexity index is 481. The van der Waals surface area contributed by atoms with Gasteiger partial charge in [0.2, 0.25) is 0 Å². The van der Waals surface area contributed by atoms with Crippen molar-refractivity contribution in [1.82, 2.24) is 4.90 Å². The van der Waals surface area contributed by atoms with Gasteiger partial charge in [-0.05, 0) is 45.9 Å². The van der Waals surface area contributed by atoms with Crippen LogP contribution in [0.4, 0.5) is 16.2 Å². The summed E-state index contributed by atoms with van der Waals surface area (Å²) in [6.07, 6.45) is 0. The fraction of sp³-hybridized carbons (Fsp3) is 0.562. The molecule has 118 valence electrons. The van der Waals surface area contributed by atoms with E-state index in [1.54, 1.807) is 20.9 Å². The molecule has 0 atom stereocenters. The van der Waals surface area contributed by atoms with E-state index < -0.39 is 5.60 Å². The minimum absolute atomic E-state index is 0.235. The minimum Gasteiger partial charge on any atom is -0.389 e. The van der Waals surface area contributed by atoms with Crippen LogP contribution in [0.2, 0.25) is 0 Å². The largest absolute Gasteiger partial charge is 0.389 e. The lowest BCUT2D eigenvalue weighted by Crippen LogP contribution is -2.41. The van der Waals surface area contributed by atoms with Crippen LogP contribution in [0.25, 0.3) is 0 Å². The maximum absolute atomic E-state index is 12.1. The van der Waals surface area contributed by atoms with E-state index in [0.717, 1.165) is 11.4 Å². The van der Waals surface area contributed by atoms with Gasteiger partial charge in [0.25, 0.3) is 0 Å². The minimum atomic E-state index is -0.911. The van der Waals surface area contributed by atoms with Crippen molar-refractivity contribution < 1.29 is 9.90 Å². The van der Waals surface area contributed by atoms with E-state index in [4.69, 9.17) is 0 Å². The first-order valence-corrected chi connectivity index (χ1v) is 7.17. The van der Waals surface area contributed by atoms with Gasteiger partial charge < -0.3 is 20.2 Å². The summed E-state index contributed by atoms with van der Waals surface area (Å²) in [7, 11) is 3.68. The number of hydrogen-bond donors (Lipinski definition) is 2. The third kappa shape index (κ3) is 5.63. The Kier molecular flexibility index (Phi) is 5.61. The Balaban J connectivity index is 2.75. The van der Waals surface area contributed by atoms with E-state index in [-0.39, 0.29) is 12.6 Å². The summed E-state index contributed by atoms with van der Waals surface area (Å²) in [4.78, 5) is 15.7. The molecule has 0 saturated carbocycles. The van der Waals surface area contributed by atoms with Gasteiger partial charge in [-0.25, -0.2) is 4.79 Å². The smallest absolute Gasteiger partial charge is 0.321 e. The molecular formula is C16H27N3O2. The monoisotopic (exact) mass is 293 g/mol. The van der Waals surface area contributed by atoms with Gasteiger partial charge in [-0.1, -0.05) is 6.07 Å². The number of hydrogen-bond acceptors (Lipinski definition) is 3. The van der Waals surface area contributed by atoms with E-state index in [2.05, 4.69) is 24.1 Å². The predicted octanol–water partition coefficient (Wildman–Crippen LogP) is 2.77. The van der Waals surface area contributed by atoms with Crippen molar-refractivity contribution in [2.24, 2.45) is 0 Å². The van der Waals surface area contributed by atoms with Crippen molar-refractivity contribution in [3.05, 3.63) is 24.3 Å². The van der Waals surface area contributed by atoms with Crippen LogP contribution in [0.3, 0.4) is 0 Å². The Morgan fingerprint density at radius 3 is 2.48 bits per heavy atom. The van der Waals surface area contributed by atoms with Crippen LogP contribution in [0.1, 0.15) is 27.7 Å². The maximum atomic E-state index is 12.1. The van der Waals surface area contributed by atoms with E-state index >= 15 is 0 Å². The number of carbonyl (C=O) groups excluding carboxylic acids is 1. The highest BCUT2D eigenvalue weighted by Gasteiger charge is 2.19. The molecule has 0 unspecified atom stereocenters. The molecule has 1 rings (SSSR count). The van der Waals surface area contributed by atoms with Gasteiger partial charge in [0.1, 0.15) is 0 Å². The van der Waals surface area contributed by atoms with E-state index in [0.29, 0.717) is 6.04 Å². The molecule has 0 radical (unpaired) electrons. The topological polar surface area (TPSA) is 55.8 Å². The van der Waals surface area contributed by atoms with Crippen molar-refractivity contribution in [2.75, 3.05) is 30.9 Å². The fourth-order valence-electron chi connectivity index (χ4n) is 1.97. The Hall–Kier alpha value is -1.75. The number of amides is 2. The molecule has 0 heterocycles. The third-order valence-corrected chi connectivity index (χ3v) is 3.25. The zero-order chi connectivity index (χ0) is 16.2. The standard InChI is InChI=1S/C16H27N3O2/c1-12(2)19(6)14-9-7-8-13(10-14)17-15(20)18(5)11-16(3,4)21/h7-10,12,21H,11H2,1-6H3,(H,17,20). The van der Waals surface area contributed by atoms with Crippen LogP contribution in [0.15, 0.2) is 24.3 Å². The first-order chi connectivity index (χ1) is 9.60. The summed E-state index contributed by atoms with van der Waals surface area (Å²) in [5.41, 5.74) is 0.881. The molecule has 5 nitrogen and oxygen atoms in total. The van der Waals surface area contributed by atoms with Crippen molar-refractivity contribution >= 4 is 17.4 Å². The molecule has 5 heteroatoms. The van der Waals surface area contributed by atoms with Crippen molar-refractivity contribution in [3.8, 4) is 0 Å². The molecule has 2 N–H and O–H groups in total. The number of nitrogens with zero attached hydrogens (tertiary/aromatic N) is 2. The zero-order valence-corrected chi connectivity index (χ0v) is 13.8. The van der Waals surface area contributed by atoms with Gasteiger partial charge in [0.05, 0.1) is 12.1 Å². The highest BCUT2D eigenvalue weighted by molar-refractivity contribution is 5.89. The van der Waals surface area contributed by atoms with Crippen LogP contribution < -0.4 is 10.2 Å². The van der Waals surface area contributed by atoms with Crippen LogP contribution >= 0.6 is 0 Å². The maximum Gasteiger partial charge on any atom is 0.321 e. The Labute approximate surface area is 127 Å². The van der Waals surface area contributed by atoms with E-state index in [9.17, 15) is 9.90 Å². The second kappa shape index (κ2) is 6.80. The molecule has 0 aliphatic rings. The van der Waals surface area contributed by atoms with Crippen molar-refractivity contribution in [1.29, 1.82) is 0 Å². The molecule has 1 aromatic carbocycles. The van der Waals surface area contributed by atoms with Crippen molar-refractivity contribution in [3.63, 3.8) is 0 Å². The van der Waals surface area contributed by atoms with Crippen molar-refractivity contribution in [2.45, 2.75) is 39.3 Å². The summed E-state index contributed by atoms with van der Waals surface area (Å²) < 4.78 is 0. The first kappa shape index (κ1) is 17.3. The van der Waals surface area contributed by atoms with Crippen LogP contribution in [0, 0.1) is 0 Å². The van der Waals surface area contributed by atoms with E-state index in [1.165, 1.54) is 4.90 Å². The second-order valence-electron chi connectivity index (χ2n) is 6.35. The highest BCUT2D eigenvalue weighted by Crippen LogP contribution is 2.20. The number of carbonyl (C=O) groups is 1. The number of likely N-dealkylation sites (N-methyl/N-ethyl adjacent to an activating group) is 1. The van der Waals surface area contributed by atoms with Crippen LogP contribution in [0.5, 0.6) is 0 Å². The van der Waals surface area contributed by atoms with Gasteiger partial charge in [0, 0.05) is 31.5 Å². The molecule has 0 aliphatic heterocycles. The fourth-order valence-corrected chi connectivity index (χ4v) is 1.97. The normalized spacial score (nSPS) is 11.4. The summed E-state index contributed by atoms with van der Waals surface area (Å²) in [6.45, 7) is 7.85. The molecule has 21 heavy (non-hydrogen) atoms. The van der Waals surface area contributed by atoms with Gasteiger partial charge in [-0.2, -0.15) is 0 Å². The molecule has 0 bridgehead atoms. The van der Waals surface area contributed by atoms with Gasteiger partial charge in [0.15, 0.2) is 0 Å². The lowest BCUT2D eigenvalue weighted by Gasteiger charge is -2.26. The highest BCUT2D eigenvalue weighted by atomic mass is 16.3. The average Bonchev–Trinajstić information content (AvgIpc) is 2.36. The molecule has 0 saturated heterocycles. The Morgan fingerprint density at radius 2 is 1.95 bits per heavy atom. The quantitative estimate of drug-likeness (QED) is 0.877. The predicted molar refractivity (Wildman–Crippen MR) is 87.9 cm³/mol. The molecule has 0 aliphatic carbocycles. The SMILES string of the molecule is CC(C)N(C)c1cccc(NC(=O)N(C)CC(C)(C)O)c1. The third-order valence-electron chi connectivity index (χ3n) is 3.25. The molecule has 0 fully saturated rings. The summed E-state index contributed by atoms with van der Waals surface area (Å²) >= 11 is 0. The first-order valence-electron chi connectivity index (χ1n) is 7.17. The molecular weight excluding hydrogens is 266 g/mol. The average molecular weight is 293 g/mol. The summed E-state index contributed by atoms with van der Waals surface area (Å²) in [5.74, 6) is 0. The summed E-state index contributed by atoms with van der Waals surface area (Å²) in [6, 6.07) is 7.87. The molecule has 2 amide bonds. The number of rotatable bonds is 5.